The number of alkyl carbamates (subject to hydrolysis) is 1. The maximum atomic E-state index is 12.5. The second-order valence-electron chi connectivity index (χ2n) is 8.25. The third-order valence-electron chi connectivity index (χ3n) is 5.90. The molecule has 0 aromatic heterocycles. The van der Waals surface area contributed by atoms with Crippen LogP contribution in [-0.2, 0) is 25.0 Å². The number of nitrogens with one attached hydrogen (secondary N) is 1. The molecule has 1 aliphatic carbocycles. The Morgan fingerprint density at radius 2 is 1.54 bits per heavy atom. The zero-order valence-electron chi connectivity index (χ0n) is 19.3. The van der Waals surface area contributed by atoms with Crippen molar-refractivity contribution in [1.29, 1.82) is 0 Å². The smallest absolute Gasteiger partial charge is 0.407 e. The van der Waals surface area contributed by atoms with Gasteiger partial charge in [-0.3, -0.25) is 0 Å². The number of fused-ring (bicyclic) bond motifs is 3. The molecule has 0 saturated heterocycles. The highest BCUT2D eigenvalue weighted by molar-refractivity contribution is 7.53. The third kappa shape index (κ3) is 5.73. The van der Waals surface area contributed by atoms with Crippen LogP contribution in [0.5, 0.6) is 5.75 Å². The number of carbonyl (C=O) groups excluding carboxylic acids is 1. The number of carboxylic acids is 1. The summed E-state index contributed by atoms with van der Waals surface area (Å²) in [4.78, 5) is 24.3. The van der Waals surface area contributed by atoms with Crippen molar-refractivity contribution >= 4 is 19.7 Å². The maximum absolute atomic E-state index is 12.5. The Morgan fingerprint density at radius 3 is 2.09 bits per heavy atom. The molecule has 2 N–H and O–H groups in total. The normalized spacial score (nSPS) is 14.8. The van der Waals surface area contributed by atoms with Crippen molar-refractivity contribution in [2.24, 2.45) is 0 Å². The lowest BCUT2D eigenvalue weighted by Gasteiger charge is -2.18. The van der Waals surface area contributed by atoms with Crippen LogP contribution in [0.3, 0.4) is 0 Å². The number of ether oxygens (including phenoxy) is 1. The van der Waals surface area contributed by atoms with Crippen LogP contribution in [0.1, 0.15) is 22.6 Å². The summed E-state index contributed by atoms with van der Waals surface area (Å²) in [5.74, 6) is -0.973. The minimum Gasteiger partial charge on any atom is -0.480 e. The van der Waals surface area contributed by atoms with Gasteiger partial charge in [-0.15, -0.1) is 0 Å². The molecule has 0 radical (unpaired) electrons. The van der Waals surface area contributed by atoms with Gasteiger partial charge in [0.05, 0.1) is 0 Å². The zero-order valence-corrected chi connectivity index (χ0v) is 20.2. The number of hydrogen-bond acceptors (Lipinski definition) is 6. The monoisotopic (exact) mass is 495 g/mol. The summed E-state index contributed by atoms with van der Waals surface area (Å²) >= 11 is 0. The zero-order chi connectivity index (χ0) is 25.0. The van der Waals surface area contributed by atoms with Crippen molar-refractivity contribution in [2.75, 3.05) is 20.4 Å². The minimum atomic E-state index is -3.20. The summed E-state index contributed by atoms with van der Waals surface area (Å²) in [5.41, 5.74) is 5.01. The summed E-state index contributed by atoms with van der Waals surface area (Å²) in [6.45, 7) is 1.44. The molecule has 182 valence electrons. The van der Waals surface area contributed by atoms with Crippen molar-refractivity contribution in [3.63, 3.8) is 0 Å². The molecule has 35 heavy (non-hydrogen) atoms. The van der Waals surface area contributed by atoms with Gasteiger partial charge in [-0.25, -0.2) is 14.2 Å². The van der Waals surface area contributed by atoms with Crippen molar-refractivity contribution in [3.8, 4) is 16.9 Å². The van der Waals surface area contributed by atoms with E-state index < -0.39 is 25.7 Å². The highest BCUT2D eigenvalue weighted by Gasteiger charge is 2.30. The van der Waals surface area contributed by atoms with Gasteiger partial charge in [0.25, 0.3) is 0 Å². The Labute approximate surface area is 203 Å². The average Bonchev–Trinajstić information content (AvgIpc) is 3.17. The fourth-order valence-electron chi connectivity index (χ4n) is 4.13. The first-order valence-electron chi connectivity index (χ1n) is 11.0. The largest absolute Gasteiger partial charge is 0.480 e. The molecule has 9 heteroatoms. The van der Waals surface area contributed by atoms with Gasteiger partial charge in [-0.1, -0.05) is 60.7 Å². The predicted octanol–water partition coefficient (Wildman–Crippen LogP) is 5.07. The van der Waals surface area contributed by atoms with Gasteiger partial charge < -0.3 is 24.2 Å². The summed E-state index contributed by atoms with van der Waals surface area (Å²) in [5, 5.41) is 12.1. The van der Waals surface area contributed by atoms with Gasteiger partial charge in [0.15, 0.2) is 0 Å². The second-order valence-corrected chi connectivity index (χ2v) is 10.3. The van der Waals surface area contributed by atoms with Crippen LogP contribution in [-0.4, -0.2) is 43.6 Å². The van der Waals surface area contributed by atoms with Crippen LogP contribution in [0, 0.1) is 0 Å². The molecule has 0 heterocycles. The highest BCUT2D eigenvalue weighted by Crippen LogP contribution is 2.45. The quantitative estimate of drug-likeness (QED) is 0.399. The lowest BCUT2D eigenvalue weighted by atomic mass is 9.98. The van der Waals surface area contributed by atoms with E-state index >= 15 is 0 Å². The van der Waals surface area contributed by atoms with Gasteiger partial charge >= 0.3 is 19.7 Å². The van der Waals surface area contributed by atoms with E-state index in [1.165, 1.54) is 13.8 Å². The summed E-state index contributed by atoms with van der Waals surface area (Å²) in [7, 11) is -1.90. The minimum absolute atomic E-state index is 0.0356. The standard InChI is InChI=1S/C26H26NO7P/c1-32-35(2,31)34-18-13-11-17(12-14-18)15-24(25(28)29)27-26(30)33-16-23-21-9-5-3-7-19(21)20-8-4-6-10-22(20)23/h3-14,23-24H,15-16H2,1-2H3,(H,27,30)(H,28,29). The Balaban J connectivity index is 1.38. The van der Waals surface area contributed by atoms with E-state index in [9.17, 15) is 19.3 Å². The van der Waals surface area contributed by atoms with Crippen molar-refractivity contribution in [1.82, 2.24) is 5.32 Å². The first kappa shape index (κ1) is 24.5. The Bertz CT molecular complexity index is 1230. The van der Waals surface area contributed by atoms with E-state index in [-0.39, 0.29) is 18.9 Å². The van der Waals surface area contributed by atoms with E-state index in [0.29, 0.717) is 11.3 Å². The first-order valence-corrected chi connectivity index (χ1v) is 13.0. The van der Waals surface area contributed by atoms with Crippen LogP contribution in [0.2, 0.25) is 0 Å². The molecule has 0 spiro atoms. The summed E-state index contributed by atoms with van der Waals surface area (Å²) in [6, 6.07) is 21.2. The number of carboxylic acid groups (broad SMARTS) is 1. The number of amides is 1. The molecule has 0 aliphatic heterocycles. The fraction of sp³-hybridized carbons (Fsp3) is 0.231. The predicted molar refractivity (Wildman–Crippen MR) is 131 cm³/mol. The summed E-state index contributed by atoms with van der Waals surface area (Å²) in [6.07, 6.45) is -0.764. The molecule has 1 amide bonds. The third-order valence-corrected chi connectivity index (χ3v) is 7.11. The number of benzene rings is 3. The summed E-state index contributed by atoms with van der Waals surface area (Å²) < 4.78 is 27.5. The van der Waals surface area contributed by atoms with E-state index in [0.717, 1.165) is 22.3 Å². The van der Waals surface area contributed by atoms with E-state index in [4.69, 9.17) is 13.8 Å². The fourth-order valence-corrected chi connectivity index (χ4v) is 4.71. The molecule has 3 aromatic carbocycles. The van der Waals surface area contributed by atoms with E-state index in [1.807, 2.05) is 48.5 Å². The van der Waals surface area contributed by atoms with Crippen molar-refractivity contribution < 1.29 is 33.0 Å². The van der Waals surface area contributed by atoms with Crippen LogP contribution in [0.25, 0.3) is 11.1 Å². The molecular weight excluding hydrogens is 469 g/mol. The van der Waals surface area contributed by atoms with Crippen LogP contribution in [0.4, 0.5) is 4.79 Å². The molecule has 2 unspecified atom stereocenters. The molecule has 3 aromatic rings. The number of hydrogen-bond donors (Lipinski definition) is 2. The van der Waals surface area contributed by atoms with Crippen LogP contribution < -0.4 is 9.84 Å². The van der Waals surface area contributed by atoms with Gasteiger partial charge in [-0.05, 0) is 39.9 Å². The molecule has 0 bridgehead atoms. The topological polar surface area (TPSA) is 111 Å². The van der Waals surface area contributed by atoms with Crippen molar-refractivity contribution in [3.05, 3.63) is 89.5 Å². The molecule has 8 nitrogen and oxygen atoms in total. The highest BCUT2D eigenvalue weighted by atomic mass is 31.2. The van der Waals surface area contributed by atoms with Crippen LogP contribution >= 0.6 is 7.60 Å². The van der Waals surface area contributed by atoms with Gasteiger partial charge in [0, 0.05) is 26.1 Å². The molecular formula is C26H26NO7P. The molecule has 0 fully saturated rings. The van der Waals surface area contributed by atoms with Crippen LogP contribution in [0.15, 0.2) is 72.8 Å². The van der Waals surface area contributed by atoms with Gasteiger partial charge in [0.2, 0.25) is 0 Å². The average molecular weight is 495 g/mol. The lowest BCUT2D eigenvalue weighted by molar-refractivity contribution is -0.139. The first-order chi connectivity index (χ1) is 16.8. The number of aliphatic carboxylic acids is 1. The van der Waals surface area contributed by atoms with Gasteiger partial charge in [0.1, 0.15) is 18.4 Å². The lowest BCUT2D eigenvalue weighted by Crippen LogP contribution is -2.42. The number of carbonyl (C=O) groups is 2. The Morgan fingerprint density at radius 1 is 0.971 bits per heavy atom. The Hall–Kier alpha value is -3.61. The molecule has 1 aliphatic rings. The molecule has 4 rings (SSSR count). The Kier molecular flexibility index (Phi) is 7.24. The number of rotatable bonds is 9. The maximum Gasteiger partial charge on any atom is 0.407 e. The second kappa shape index (κ2) is 10.3. The van der Waals surface area contributed by atoms with E-state index in [2.05, 4.69) is 5.32 Å². The molecule has 2 atom stereocenters. The molecule has 0 saturated carbocycles. The SMILES string of the molecule is COP(C)(=O)Oc1ccc(CC(NC(=O)OCC2c3ccccc3-c3ccccc32)C(=O)O)cc1. The van der Waals surface area contributed by atoms with E-state index in [1.54, 1.807) is 24.3 Å². The van der Waals surface area contributed by atoms with Crippen molar-refractivity contribution in [2.45, 2.75) is 18.4 Å². The van der Waals surface area contributed by atoms with Gasteiger partial charge in [-0.2, -0.15) is 0 Å².